The third-order valence-corrected chi connectivity index (χ3v) is 19.0. The molecule has 1 amide bonds. The van der Waals surface area contributed by atoms with E-state index in [0.29, 0.717) is 19.4 Å². The van der Waals surface area contributed by atoms with Gasteiger partial charge in [0, 0.05) is 12.8 Å². The van der Waals surface area contributed by atoms with Gasteiger partial charge in [-0.25, -0.2) is 0 Å². The second kappa shape index (κ2) is 76.8. The number of aliphatic hydroxyl groups excluding tert-OH is 2. The summed E-state index contributed by atoms with van der Waals surface area (Å²) in [6, 6.07) is -0.627. The first-order chi connectivity index (χ1) is 43.0. The monoisotopic (exact) mass is 1220 g/mol. The quantitative estimate of drug-likeness (QED) is 0.0320. The standard InChI is InChI=1S/C81H157NO5/c1-3-5-7-9-11-13-15-17-19-21-22-23-33-36-39-42-45-49-53-57-61-65-69-73-79(84)78(77-83)82-80(85)74-70-66-62-58-54-50-46-43-40-37-34-31-29-27-25-24-26-28-30-32-35-38-41-44-48-52-56-60-64-68-72-76-87-81(86)75-71-67-63-59-55-51-47-20-18-16-14-12-10-8-6-4-2/h26,28,69,73,78-79,83-84H,3-25,27,29-68,70-72,74-77H2,1-2H3,(H,82,85)/b28-26-,73-69+. The molecule has 516 valence electrons. The second-order valence-corrected chi connectivity index (χ2v) is 27.8. The predicted octanol–water partition coefficient (Wildman–Crippen LogP) is 26.4. The molecule has 0 fully saturated rings. The van der Waals surface area contributed by atoms with Crippen molar-refractivity contribution in [2.45, 2.75) is 469 Å². The number of rotatable bonds is 76. The number of amides is 1. The summed E-state index contributed by atoms with van der Waals surface area (Å²) in [4.78, 5) is 24.7. The van der Waals surface area contributed by atoms with Crippen molar-refractivity contribution in [3.05, 3.63) is 24.3 Å². The molecule has 0 aliphatic rings. The molecule has 0 radical (unpaired) electrons. The van der Waals surface area contributed by atoms with Crippen LogP contribution < -0.4 is 5.32 Å². The average molecular weight is 1230 g/mol. The summed E-state index contributed by atoms with van der Waals surface area (Å²) >= 11 is 0. The minimum Gasteiger partial charge on any atom is -0.466 e. The molecule has 0 aromatic heterocycles. The lowest BCUT2D eigenvalue weighted by Gasteiger charge is -2.20. The van der Waals surface area contributed by atoms with E-state index in [-0.39, 0.29) is 18.5 Å². The number of nitrogens with one attached hydrogen (secondary N) is 1. The summed E-state index contributed by atoms with van der Waals surface area (Å²) in [7, 11) is 0. The zero-order valence-corrected chi connectivity index (χ0v) is 59.3. The smallest absolute Gasteiger partial charge is 0.305 e. The molecule has 0 bridgehead atoms. The van der Waals surface area contributed by atoms with Crippen molar-refractivity contribution < 1.29 is 24.5 Å². The summed E-state index contributed by atoms with van der Waals surface area (Å²) in [5.41, 5.74) is 0. The van der Waals surface area contributed by atoms with Crippen LogP contribution in [0.5, 0.6) is 0 Å². The van der Waals surface area contributed by atoms with Crippen molar-refractivity contribution in [3.8, 4) is 0 Å². The Balaban J connectivity index is 3.37. The lowest BCUT2D eigenvalue weighted by molar-refractivity contribution is -0.143. The number of esters is 1. The largest absolute Gasteiger partial charge is 0.466 e. The molecule has 0 rings (SSSR count). The van der Waals surface area contributed by atoms with E-state index in [9.17, 15) is 19.8 Å². The van der Waals surface area contributed by atoms with Gasteiger partial charge < -0.3 is 20.3 Å². The van der Waals surface area contributed by atoms with Crippen LogP contribution in [0.1, 0.15) is 457 Å². The van der Waals surface area contributed by atoms with Crippen LogP contribution in [0, 0.1) is 0 Å². The van der Waals surface area contributed by atoms with Gasteiger partial charge in [0.25, 0.3) is 0 Å². The fourth-order valence-electron chi connectivity index (χ4n) is 12.9. The third-order valence-electron chi connectivity index (χ3n) is 19.0. The van der Waals surface area contributed by atoms with Crippen LogP contribution in [-0.2, 0) is 14.3 Å². The summed E-state index contributed by atoms with van der Waals surface area (Å²) in [6.45, 7) is 4.96. The van der Waals surface area contributed by atoms with Gasteiger partial charge >= 0.3 is 5.97 Å². The fraction of sp³-hybridized carbons (Fsp3) is 0.926. The Morgan fingerprint density at radius 2 is 0.540 bits per heavy atom. The first-order valence-electron chi connectivity index (χ1n) is 40.1. The van der Waals surface area contributed by atoms with Crippen molar-refractivity contribution in [2.24, 2.45) is 0 Å². The molecule has 2 atom stereocenters. The van der Waals surface area contributed by atoms with Crippen molar-refractivity contribution in [3.63, 3.8) is 0 Å². The third kappa shape index (κ3) is 73.3. The van der Waals surface area contributed by atoms with E-state index in [1.807, 2.05) is 6.08 Å². The first kappa shape index (κ1) is 85.3. The number of ether oxygens (including phenoxy) is 1. The van der Waals surface area contributed by atoms with E-state index >= 15 is 0 Å². The lowest BCUT2D eigenvalue weighted by atomic mass is 10.0. The van der Waals surface area contributed by atoms with Crippen LogP contribution in [0.4, 0.5) is 0 Å². The van der Waals surface area contributed by atoms with Gasteiger partial charge in [0.05, 0.1) is 25.4 Å². The normalized spacial score (nSPS) is 12.6. The number of carbonyl (C=O) groups excluding carboxylic acids is 2. The van der Waals surface area contributed by atoms with E-state index in [2.05, 4.69) is 31.3 Å². The van der Waals surface area contributed by atoms with Crippen LogP contribution >= 0.6 is 0 Å². The van der Waals surface area contributed by atoms with Gasteiger partial charge in [-0.3, -0.25) is 9.59 Å². The topological polar surface area (TPSA) is 95.9 Å². The maximum atomic E-state index is 12.6. The Labute approximate surface area is 545 Å². The highest BCUT2D eigenvalue weighted by molar-refractivity contribution is 5.76. The van der Waals surface area contributed by atoms with E-state index in [1.165, 1.54) is 392 Å². The van der Waals surface area contributed by atoms with Gasteiger partial charge in [-0.15, -0.1) is 0 Å². The zero-order valence-electron chi connectivity index (χ0n) is 59.3. The van der Waals surface area contributed by atoms with Crippen molar-refractivity contribution in [1.29, 1.82) is 0 Å². The van der Waals surface area contributed by atoms with Gasteiger partial charge in [0.15, 0.2) is 0 Å². The van der Waals surface area contributed by atoms with Crippen molar-refractivity contribution in [1.82, 2.24) is 5.32 Å². The molecule has 3 N–H and O–H groups in total. The SMILES string of the molecule is CCCCCCCCCCCCCCCCCCCCCCC/C=C/C(O)C(CO)NC(=O)CCCCCCCCCCCCCCCCC/C=C\CCCCCCCCCCCCCCOC(=O)CCCCCCCCCCCCCCCCCC. The van der Waals surface area contributed by atoms with Gasteiger partial charge in [-0.05, 0) is 57.8 Å². The molecule has 0 aromatic carbocycles. The molecule has 0 heterocycles. The predicted molar refractivity (Wildman–Crippen MR) is 384 cm³/mol. The Hall–Kier alpha value is -1.66. The zero-order chi connectivity index (χ0) is 62.8. The highest BCUT2D eigenvalue weighted by atomic mass is 16.5. The molecule has 0 aliphatic carbocycles. The Morgan fingerprint density at radius 3 is 0.816 bits per heavy atom. The van der Waals surface area contributed by atoms with Crippen LogP contribution in [0.15, 0.2) is 24.3 Å². The molecule has 2 unspecified atom stereocenters. The molecule has 87 heavy (non-hydrogen) atoms. The van der Waals surface area contributed by atoms with Crippen LogP contribution in [0.2, 0.25) is 0 Å². The van der Waals surface area contributed by atoms with E-state index < -0.39 is 12.1 Å². The fourth-order valence-corrected chi connectivity index (χ4v) is 12.9. The maximum absolute atomic E-state index is 12.6. The lowest BCUT2D eigenvalue weighted by Crippen LogP contribution is -2.45. The molecular formula is C81H157NO5. The molecule has 0 aromatic rings. The van der Waals surface area contributed by atoms with E-state index in [4.69, 9.17) is 4.74 Å². The molecule has 0 saturated carbocycles. The first-order valence-corrected chi connectivity index (χ1v) is 40.1. The minimum atomic E-state index is -0.844. The average Bonchev–Trinajstić information content (AvgIpc) is 3.53. The number of allylic oxidation sites excluding steroid dienone is 3. The maximum Gasteiger partial charge on any atom is 0.305 e. The van der Waals surface area contributed by atoms with E-state index in [1.54, 1.807) is 6.08 Å². The molecule has 0 spiro atoms. The van der Waals surface area contributed by atoms with Gasteiger partial charge in [-0.1, -0.05) is 411 Å². The molecular weight excluding hydrogens is 1070 g/mol. The summed E-state index contributed by atoms with van der Waals surface area (Å²) in [6.07, 6.45) is 98.7. The summed E-state index contributed by atoms with van der Waals surface area (Å²) < 4.78 is 5.51. The minimum absolute atomic E-state index is 0.0220. The Bertz CT molecular complexity index is 1360. The molecule has 6 heteroatoms. The van der Waals surface area contributed by atoms with E-state index in [0.717, 1.165) is 38.5 Å². The number of aliphatic hydroxyl groups is 2. The molecule has 6 nitrogen and oxygen atoms in total. The van der Waals surface area contributed by atoms with Crippen LogP contribution in [-0.4, -0.2) is 47.4 Å². The number of carbonyl (C=O) groups is 2. The molecule has 0 saturated heterocycles. The van der Waals surface area contributed by atoms with Crippen molar-refractivity contribution >= 4 is 11.9 Å². The Morgan fingerprint density at radius 1 is 0.310 bits per heavy atom. The number of unbranched alkanes of at least 4 members (excludes halogenated alkanes) is 63. The molecule has 0 aliphatic heterocycles. The second-order valence-electron chi connectivity index (χ2n) is 27.8. The summed E-state index contributed by atoms with van der Waals surface area (Å²) in [5.74, 6) is -0.0387. The highest BCUT2D eigenvalue weighted by Gasteiger charge is 2.18. The highest BCUT2D eigenvalue weighted by Crippen LogP contribution is 2.20. The van der Waals surface area contributed by atoms with Crippen molar-refractivity contribution in [2.75, 3.05) is 13.2 Å². The van der Waals surface area contributed by atoms with Crippen LogP contribution in [0.25, 0.3) is 0 Å². The number of hydrogen-bond donors (Lipinski definition) is 3. The Kier molecular flexibility index (Phi) is 75.3. The van der Waals surface area contributed by atoms with Gasteiger partial charge in [0.1, 0.15) is 0 Å². The summed E-state index contributed by atoms with van der Waals surface area (Å²) in [5, 5.41) is 23.3. The van der Waals surface area contributed by atoms with Gasteiger partial charge in [0.2, 0.25) is 5.91 Å². The van der Waals surface area contributed by atoms with Gasteiger partial charge in [-0.2, -0.15) is 0 Å². The van der Waals surface area contributed by atoms with Crippen LogP contribution in [0.3, 0.4) is 0 Å². The number of hydrogen-bond acceptors (Lipinski definition) is 5.